The Balaban J connectivity index is 1.54. The molecule has 0 aliphatic carbocycles. The van der Waals surface area contributed by atoms with Crippen LogP contribution in [0.25, 0.3) is 21.0 Å². The van der Waals surface area contributed by atoms with Gasteiger partial charge in [0.1, 0.15) is 0 Å². The summed E-state index contributed by atoms with van der Waals surface area (Å²) in [5, 5.41) is 2.23. The van der Waals surface area contributed by atoms with Crippen molar-refractivity contribution in [1.29, 1.82) is 0 Å². The predicted octanol–water partition coefficient (Wildman–Crippen LogP) is 4.62. The number of carbonyl (C=O) groups excluding carboxylic acids is 1. The molecule has 4 aromatic rings. The molecule has 7 heteroatoms. The first-order chi connectivity index (χ1) is 14.7. The highest BCUT2D eigenvalue weighted by Crippen LogP contribution is 2.37. The lowest BCUT2D eigenvalue weighted by Crippen LogP contribution is -2.18. The molecule has 1 aliphatic heterocycles. The summed E-state index contributed by atoms with van der Waals surface area (Å²) in [6.45, 7) is 1.03. The van der Waals surface area contributed by atoms with Gasteiger partial charge in [0.2, 0.25) is 6.79 Å². The molecule has 1 amide bonds. The van der Waals surface area contributed by atoms with Crippen LogP contribution in [0.3, 0.4) is 0 Å². The summed E-state index contributed by atoms with van der Waals surface area (Å²) in [7, 11) is 0. The highest BCUT2D eigenvalue weighted by Gasteiger charge is 2.18. The Labute approximate surface area is 182 Å². The molecule has 0 saturated carbocycles. The zero-order valence-corrected chi connectivity index (χ0v) is 18.1. The van der Waals surface area contributed by atoms with E-state index in [4.69, 9.17) is 9.47 Å². The number of rotatable bonds is 5. The van der Waals surface area contributed by atoms with Gasteiger partial charge < -0.3 is 14.0 Å². The van der Waals surface area contributed by atoms with Gasteiger partial charge in [0, 0.05) is 24.4 Å². The second-order valence-corrected chi connectivity index (χ2v) is 9.02. The fraction of sp³-hybridized carbons (Fsp3) is 0.217. The molecule has 0 radical (unpaired) electrons. The number of thiazole rings is 1. The van der Waals surface area contributed by atoms with Gasteiger partial charge in [-0.1, -0.05) is 53.8 Å². The number of aryl methyl sites for hydroxylation is 1. The van der Waals surface area contributed by atoms with Gasteiger partial charge in [-0.15, -0.1) is 0 Å². The number of hydrogen-bond donors (Lipinski definition) is 0. The van der Waals surface area contributed by atoms with Gasteiger partial charge in [-0.2, -0.15) is 16.8 Å². The number of benzene rings is 3. The van der Waals surface area contributed by atoms with Gasteiger partial charge in [-0.25, -0.2) is 0 Å². The van der Waals surface area contributed by atoms with Crippen LogP contribution in [0, 0.1) is 0 Å². The van der Waals surface area contributed by atoms with Crippen LogP contribution in [0.5, 0.6) is 11.5 Å². The number of nitrogens with zero attached hydrogens (tertiary/aromatic N) is 2. The van der Waals surface area contributed by atoms with Gasteiger partial charge in [0.05, 0.1) is 16.6 Å². The van der Waals surface area contributed by atoms with E-state index in [1.54, 1.807) is 11.8 Å². The van der Waals surface area contributed by atoms with Crippen LogP contribution in [0.2, 0.25) is 0 Å². The third-order valence-electron chi connectivity index (χ3n) is 5.14. The van der Waals surface area contributed by atoms with Crippen LogP contribution in [0.1, 0.15) is 5.56 Å². The molecule has 30 heavy (non-hydrogen) atoms. The topological polar surface area (TPSA) is 52.8 Å². The fourth-order valence-electron chi connectivity index (χ4n) is 3.70. The summed E-state index contributed by atoms with van der Waals surface area (Å²) in [6, 6.07) is 18.1. The number of thioether (sulfide) groups is 1. The van der Waals surface area contributed by atoms with E-state index < -0.39 is 0 Å². The molecule has 0 bridgehead atoms. The standard InChI is InChI=1S/C23H20N2O3S2/c1-29-10-9-25-18-12-19-20(28-14-27-19)13-21(18)30-23(25)24-22(26)11-16-7-4-6-15-5-2-3-8-17(15)16/h2-8,12-13H,9-11,14H2,1H3. The van der Waals surface area contributed by atoms with Crippen molar-refractivity contribution in [3.63, 3.8) is 0 Å². The van der Waals surface area contributed by atoms with E-state index in [0.29, 0.717) is 4.80 Å². The van der Waals surface area contributed by atoms with Crippen LogP contribution in [-0.4, -0.2) is 29.3 Å². The minimum atomic E-state index is -0.143. The summed E-state index contributed by atoms with van der Waals surface area (Å²) in [6.07, 6.45) is 2.35. The Morgan fingerprint density at radius 1 is 1.13 bits per heavy atom. The molecule has 0 fully saturated rings. The van der Waals surface area contributed by atoms with E-state index in [9.17, 15) is 4.79 Å². The Kier molecular flexibility index (Phi) is 5.23. The summed E-state index contributed by atoms with van der Waals surface area (Å²) >= 11 is 3.28. The predicted molar refractivity (Wildman–Crippen MR) is 123 cm³/mol. The first-order valence-corrected chi connectivity index (χ1v) is 11.9. The van der Waals surface area contributed by atoms with Crippen LogP contribution in [0.4, 0.5) is 0 Å². The maximum Gasteiger partial charge on any atom is 0.252 e. The maximum absolute atomic E-state index is 12.9. The van der Waals surface area contributed by atoms with Crippen molar-refractivity contribution in [1.82, 2.24) is 4.57 Å². The van der Waals surface area contributed by atoms with Crippen LogP contribution >= 0.6 is 23.1 Å². The Bertz CT molecular complexity index is 1320. The molecule has 2 heterocycles. The molecule has 0 N–H and O–H groups in total. The molecule has 5 rings (SSSR count). The van der Waals surface area contributed by atoms with Crippen LogP contribution < -0.4 is 14.3 Å². The van der Waals surface area contributed by atoms with E-state index in [1.807, 2.05) is 36.4 Å². The zero-order chi connectivity index (χ0) is 20.5. The van der Waals surface area contributed by atoms with Crippen molar-refractivity contribution in [2.75, 3.05) is 18.8 Å². The molecule has 0 unspecified atom stereocenters. The molecular formula is C23H20N2O3S2. The number of ether oxygens (including phenoxy) is 2. The molecule has 0 atom stereocenters. The lowest BCUT2D eigenvalue weighted by Gasteiger charge is -2.05. The average molecular weight is 437 g/mol. The number of amides is 1. The molecule has 0 spiro atoms. The Hall–Kier alpha value is -2.77. The molecule has 5 nitrogen and oxygen atoms in total. The van der Waals surface area contributed by atoms with Gasteiger partial charge in [0.25, 0.3) is 5.91 Å². The largest absolute Gasteiger partial charge is 0.454 e. The Morgan fingerprint density at radius 2 is 1.93 bits per heavy atom. The molecule has 1 aliphatic rings. The van der Waals surface area contributed by atoms with Gasteiger partial charge in [-0.05, 0) is 22.6 Å². The zero-order valence-electron chi connectivity index (χ0n) is 16.5. The number of carbonyl (C=O) groups is 1. The molecule has 152 valence electrons. The lowest BCUT2D eigenvalue weighted by molar-refractivity contribution is -0.117. The van der Waals surface area contributed by atoms with Crippen molar-refractivity contribution >= 4 is 50.0 Å². The van der Waals surface area contributed by atoms with E-state index in [1.165, 1.54) is 11.3 Å². The monoisotopic (exact) mass is 436 g/mol. The third kappa shape index (κ3) is 3.59. The highest BCUT2D eigenvalue weighted by atomic mass is 32.2. The van der Waals surface area contributed by atoms with Gasteiger partial charge in [0.15, 0.2) is 16.3 Å². The fourth-order valence-corrected chi connectivity index (χ4v) is 5.15. The van der Waals surface area contributed by atoms with Crippen molar-refractivity contribution in [2.45, 2.75) is 13.0 Å². The van der Waals surface area contributed by atoms with E-state index in [2.05, 4.69) is 34.0 Å². The van der Waals surface area contributed by atoms with E-state index >= 15 is 0 Å². The first kappa shape index (κ1) is 19.2. The molecule has 0 saturated heterocycles. The van der Waals surface area contributed by atoms with Crippen molar-refractivity contribution in [2.24, 2.45) is 4.99 Å². The Morgan fingerprint density at radius 3 is 2.80 bits per heavy atom. The quantitative estimate of drug-likeness (QED) is 0.458. The SMILES string of the molecule is CSCCn1c(=NC(=O)Cc2cccc3ccccc23)sc2cc3c(cc21)OCO3. The van der Waals surface area contributed by atoms with Gasteiger partial charge >= 0.3 is 0 Å². The molecule has 1 aromatic heterocycles. The number of fused-ring (bicyclic) bond motifs is 3. The minimum Gasteiger partial charge on any atom is -0.454 e. The third-order valence-corrected chi connectivity index (χ3v) is 6.77. The van der Waals surface area contributed by atoms with E-state index in [0.717, 1.165) is 50.3 Å². The van der Waals surface area contributed by atoms with Crippen molar-refractivity contribution in [3.05, 3.63) is 65.0 Å². The summed E-state index contributed by atoms with van der Waals surface area (Å²) in [5.74, 6) is 2.28. The smallest absolute Gasteiger partial charge is 0.252 e. The summed E-state index contributed by atoms with van der Waals surface area (Å²) in [4.78, 5) is 18.1. The van der Waals surface area contributed by atoms with Crippen LogP contribution in [-0.2, 0) is 17.8 Å². The summed E-state index contributed by atoms with van der Waals surface area (Å²) < 4.78 is 14.2. The number of hydrogen-bond acceptors (Lipinski definition) is 5. The highest BCUT2D eigenvalue weighted by molar-refractivity contribution is 7.98. The first-order valence-electron chi connectivity index (χ1n) is 9.69. The molecule has 3 aromatic carbocycles. The summed E-state index contributed by atoms with van der Waals surface area (Å²) in [5.41, 5.74) is 2.02. The normalized spacial score (nSPS) is 13.4. The van der Waals surface area contributed by atoms with Crippen molar-refractivity contribution in [3.8, 4) is 11.5 Å². The van der Waals surface area contributed by atoms with Gasteiger partial charge in [-0.3, -0.25) is 4.79 Å². The van der Waals surface area contributed by atoms with Crippen LogP contribution in [0.15, 0.2) is 59.6 Å². The second kappa shape index (κ2) is 8.16. The number of aromatic nitrogens is 1. The maximum atomic E-state index is 12.9. The minimum absolute atomic E-state index is 0.143. The molecular weight excluding hydrogens is 416 g/mol. The van der Waals surface area contributed by atoms with E-state index in [-0.39, 0.29) is 19.1 Å². The second-order valence-electron chi connectivity index (χ2n) is 7.02. The van der Waals surface area contributed by atoms with Crippen molar-refractivity contribution < 1.29 is 14.3 Å². The lowest BCUT2D eigenvalue weighted by atomic mass is 10.0. The average Bonchev–Trinajstić information content (AvgIpc) is 3.34.